The molecule has 76 heavy (non-hydrogen) atoms. The lowest BCUT2D eigenvalue weighted by molar-refractivity contribution is -0.142. The maximum absolute atomic E-state index is 13.8. The van der Waals surface area contributed by atoms with Gasteiger partial charge in [-0.25, -0.2) is 4.98 Å². The van der Waals surface area contributed by atoms with Crippen LogP contribution in [0.4, 0.5) is 0 Å². The van der Waals surface area contributed by atoms with E-state index in [0.717, 1.165) is 51.4 Å². The highest BCUT2D eigenvalue weighted by Gasteiger charge is 2.31. The van der Waals surface area contributed by atoms with Gasteiger partial charge in [0.2, 0.25) is 35.4 Å². The summed E-state index contributed by atoms with van der Waals surface area (Å²) in [5.41, 5.74) is 6.17. The first-order valence-corrected chi connectivity index (χ1v) is 26.5. The molecule has 0 saturated carbocycles. The second-order valence-corrected chi connectivity index (χ2v) is 18.6. The Morgan fingerprint density at radius 2 is 1.05 bits per heavy atom. The van der Waals surface area contributed by atoms with Crippen molar-refractivity contribution in [1.29, 1.82) is 0 Å². The molecule has 26 nitrogen and oxygen atoms in total. The van der Waals surface area contributed by atoms with Crippen molar-refractivity contribution in [3.63, 3.8) is 0 Å². The highest BCUT2D eigenvalue weighted by Crippen LogP contribution is 2.14. The molecule has 0 saturated heterocycles. The molecule has 0 aromatic carbocycles. The molecule has 0 aliphatic heterocycles. The number of ether oxygens (including phenoxy) is 2. The monoisotopic (exact) mass is 1080 g/mol. The number of primary amides is 1. The zero-order chi connectivity index (χ0) is 56.4. The van der Waals surface area contributed by atoms with Gasteiger partial charge in [-0.2, -0.15) is 0 Å². The summed E-state index contributed by atoms with van der Waals surface area (Å²) in [4.78, 5) is 131. The van der Waals surface area contributed by atoms with E-state index in [-0.39, 0.29) is 90.4 Å². The van der Waals surface area contributed by atoms with Crippen molar-refractivity contribution >= 4 is 59.3 Å². The average Bonchev–Trinajstić information content (AvgIpc) is 3.88. The predicted molar refractivity (Wildman–Crippen MR) is 276 cm³/mol. The maximum Gasteiger partial charge on any atom is 0.317 e. The number of hydrogen-bond acceptors (Lipinski definition) is 15. The number of nitrogens with one attached hydrogen (secondary N) is 7. The number of aromatic nitrogens is 2. The third kappa shape index (κ3) is 36.7. The Hall–Kier alpha value is -6.25. The summed E-state index contributed by atoms with van der Waals surface area (Å²) < 4.78 is 10.8. The number of hydrogen-bond donors (Lipinski definition) is 12. The van der Waals surface area contributed by atoms with Crippen molar-refractivity contribution in [2.75, 3.05) is 66.2 Å². The van der Waals surface area contributed by atoms with Gasteiger partial charge in [0.05, 0.1) is 51.0 Å². The van der Waals surface area contributed by atoms with Gasteiger partial charge in [-0.3, -0.25) is 52.8 Å². The lowest BCUT2D eigenvalue weighted by Gasteiger charge is -2.26. The Labute approximate surface area is 444 Å². The minimum atomic E-state index is -1.42. The standard InChI is InChI=1S/C50H86N10O16/c1-52-40(30-36-31-53-35-56-36)50(74)59-39(22-23-44(65)66)49(73)58-38(19-15-17-26-60(32-45(67)68)33-46(69)70)48(72)57-37(47(51)71)18-14-16-24-54-42(62)34-76-29-28-75-27-25-55-41(61)20-12-10-8-6-4-2-3-5-7-9-11-13-21-43(63)64/h31,35,37-40,52H,2-30,32-34H2,1H3,(H2,51,71)(H,53,56)(H,54,62)(H,55,61)(H,57,72)(H,58,73)(H,59,74)(H,63,64)(H,65,66)(H,67,68)(H,69,70)/t37-,38-,39-,40-/m0/s1. The topological polar surface area (TPSA) is 400 Å². The van der Waals surface area contributed by atoms with Crippen LogP contribution in [0.3, 0.4) is 0 Å². The van der Waals surface area contributed by atoms with Gasteiger partial charge in [0, 0.05) is 45.0 Å². The molecule has 0 aliphatic carbocycles. The number of aromatic amines is 1. The van der Waals surface area contributed by atoms with E-state index < -0.39 is 97.1 Å². The summed E-state index contributed by atoms with van der Waals surface area (Å²) >= 11 is 0. The van der Waals surface area contributed by atoms with Crippen LogP contribution in [0, 0.1) is 0 Å². The zero-order valence-electron chi connectivity index (χ0n) is 44.3. The van der Waals surface area contributed by atoms with E-state index in [1.807, 2.05) is 0 Å². The molecule has 13 N–H and O–H groups in total. The van der Waals surface area contributed by atoms with E-state index in [1.165, 1.54) is 44.0 Å². The number of carboxylic acid groups (broad SMARTS) is 4. The van der Waals surface area contributed by atoms with E-state index in [1.54, 1.807) is 6.20 Å². The van der Waals surface area contributed by atoms with Crippen LogP contribution in [0.1, 0.15) is 147 Å². The molecule has 1 aromatic rings. The minimum absolute atomic E-state index is 0.00973. The molecule has 0 aliphatic rings. The van der Waals surface area contributed by atoms with Gasteiger partial charge in [0.15, 0.2) is 0 Å². The number of rotatable bonds is 50. The summed E-state index contributed by atoms with van der Waals surface area (Å²) in [6, 6.07) is -4.89. The fourth-order valence-corrected chi connectivity index (χ4v) is 7.94. The highest BCUT2D eigenvalue weighted by molar-refractivity contribution is 5.94. The average molecular weight is 1080 g/mol. The van der Waals surface area contributed by atoms with E-state index >= 15 is 0 Å². The van der Waals surface area contributed by atoms with Gasteiger partial charge in [-0.15, -0.1) is 0 Å². The van der Waals surface area contributed by atoms with Crippen LogP contribution < -0.4 is 37.6 Å². The Bertz CT molecular complexity index is 1860. The number of nitrogens with zero attached hydrogens (tertiary/aromatic N) is 2. The molecule has 0 spiro atoms. The number of aliphatic carboxylic acids is 4. The molecule has 432 valence electrons. The summed E-state index contributed by atoms with van der Waals surface area (Å²) in [6.07, 6.45) is 16.8. The minimum Gasteiger partial charge on any atom is -0.481 e. The molecule has 0 bridgehead atoms. The van der Waals surface area contributed by atoms with Gasteiger partial charge in [0.1, 0.15) is 24.7 Å². The van der Waals surface area contributed by atoms with Crippen molar-refractivity contribution in [1.82, 2.24) is 46.8 Å². The number of carbonyl (C=O) groups excluding carboxylic acids is 6. The lowest BCUT2D eigenvalue weighted by atomic mass is 10.0. The van der Waals surface area contributed by atoms with Gasteiger partial charge in [0.25, 0.3) is 0 Å². The number of nitrogens with two attached hydrogens (primary N) is 1. The number of imidazole rings is 1. The third-order valence-electron chi connectivity index (χ3n) is 12.1. The van der Waals surface area contributed by atoms with Crippen LogP contribution in [-0.4, -0.2) is 185 Å². The van der Waals surface area contributed by atoms with Crippen LogP contribution in [0.15, 0.2) is 12.5 Å². The number of H-pyrrole nitrogens is 1. The SMILES string of the molecule is CN[C@@H](Cc1c[nH]cn1)C(=O)N[C@@H](CCC(=O)O)C(=O)N[C@@H](CCCCN(CC(=O)O)CC(=O)O)C(=O)N[C@@H](CCCCNC(=O)COCCOCCNC(=O)CCCCCCCCCCCCCCC(=O)O)C(N)=O. The fraction of sp³-hybridized carbons (Fsp3) is 0.740. The van der Waals surface area contributed by atoms with Gasteiger partial charge >= 0.3 is 23.9 Å². The fourth-order valence-electron chi connectivity index (χ4n) is 7.94. The third-order valence-corrected chi connectivity index (χ3v) is 12.1. The van der Waals surface area contributed by atoms with Gasteiger partial charge in [-0.1, -0.05) is 64.2 Å². The molecule has 1 rings (SSSR count). The second kappa shape index (κ2) is 42.9. The summed E-state index contributed by atoms with van der Waals surface area (Å²) in [7, 11) is 1.51. The van der Waals surface area contributed by atoms with Crippen LogP contribution >= 0.6 is 0 Å². The molecule has 0 radical (unpaired) electrons. The molecule has 4 atom stereocenters. The zero-order valence-corrected chi connectivity index (χ0v) is 44.3. The Balaban J connectivity index is 2.53. The number of amides is 6. The molecule has 1 heterocycles. The first kappa shape index (κ1) is 67.8. The number of likely N-dealkylation sites (N-methyl/N-ethyl adjacent to an activating group) is 1. The quantitative estimate of drug-likeness (QED) is 0.0404. The molecule has 26 heteroatoms. The molecular formula is C50H86N10O16. The molecule has 0 fully saturated rings. The van der Waals surface area contributed by atoms with Crippen molar-refractivity contribution in [3.8, 4) is 0 Å². The van der Waals surface area contributed by atoms with Crippen LogP contribution in [0.25, 0.3) is 0 Å². The predicted octanol–water partition coefficient (Wildman–Crippen LogP) is 0.968. The van der Waals surface area contributed by atoms with Crippen molar-refractivity contribution in [2.24, 2.45) is 5.73 Å². The largest absolute Gasteiger partial charge is 0.481 e. The normalized spacial score (nSPS) is 12.7. The Morgan fingerprint density at radius 1 is 0.553 bits per heavy atom. The van der Waals surface area contributed by atoms with Crippen LogP contribution in [-0.2, 0) is 63.8 Å². The Morgan fingerprint density at radius 3 is 1.59 bits per heavy atom. The number of unbranched alkanes of at least 4 members (excludes halogenated alkanes) is 13. The smallest absolute Gasteiger partial charge is 0.317 e. The van der Waals surface area contributed by atoms with E-state index in [4.69, 9.17) is 20.3 Å². The van der Waals surface area contributed by atoms with E-state index in [2.05, 4.69) is 41.9 Å². The molecular weight excluding hydrogens is 997 g/mol. The van der Waals surface area contributed by atoms with Crippen LogP contribution in [0.5, 0.6) is 0 Å². The lowest BCUT2D eigenvalue weighted by Crippen LogP contribution is -2.58. The van der Waals surface area contributed by atoms with Gasteiger partial charge in [-0.05, 0) is 71.4 Å². The van der Waals surface area contributed by atoms with Crippen molar-refractivity contribution in [3.05, 3.63) is 18.2 Å². The first-order chi connectivity index (χ1) is 36.4. The van der Waals surface area contributed by atoms with Crippen LogP contribution in [0.2, 0.25) is 0 Å². The molecule has 1 aromatic heterocycles. The number of carboxylic acids is 4. The number of carbonyl (C=O) groups is 10. The Kier molecular flexibility index (Phi) is 38.3. The summed E-state index contributed by atoms with van der Waals surface area (Å²) in [5, 5.41) is 52.5. The van der Waals surface area contributed by atoms with Crippen molar-refractivity contribution < 1.29 is 77.8 Å². The first-order valence-electron chi connectivity index (χ1n) is 26.5. The van der Waals surface area contributed by atoms with E-state index in [9.17, 15) is 63.3 Å². The summed E-state index contributed by atoms with van der Waals surface area (Å²) in [5.74, 6) is -8.18. The maximum atomic E-state index is 13.8. The summed E-state index contributed by atoms with van der Waals surface area (Å²) in [6.45, 7) is -0.131. The van der Waals surface area contributed by atoms with Gasteiger partial charge < -0.3 is 72.5 Å². The highest BCUT2D eigenvalue weighted by atomic mass is 16.5. The second-order valence-electron chi connectivity index (χ2n) is 18.6. The van der Waals surface area contributed by atoms with Crippen molar-refractivity contribution in [2.45, 2.75) is 172 Å². The molecule has 6 amide bonds. The molecule has 0 unspecified atom stereocenters. The van der Waals surface area contributed by atoms with E-state index in [0.29, 0.717) is 31.5 Å².